The van der Waals surface area contributed by atoms with Gasteiger partial charge in [-0.15, -0.1) is 0 Å². The predicted molar refractivity (Wildman–Crippen MR) is 69.6 cm³/mol. The van der Waals surface area contributed by atoms with Crippen LogP contribution in [-0.2, 0) is 4.79 Å². The van der Waals surface area contributed by atoms with Gasteiger partial charge in [-0.25, -0.2) is 4.98 Å². The van der Waals surface area contributed by atoms with E-state index in [1.807, 2.05) is 13.8 Å². The Hall–Kier alpha value is -1.85. The van der Waals surface area contributed by atoms with Gasteiger partial charge in [-0.05, 0) is 13.3 Å². The van der Waals surface area contributed by atoms with Crippen molar-refractivity contribution < 1.29 is 9.53 Å². The Balaban J connectivity index is 2.35. The van der Waals surface area contributed by atoms with Gasteiger partial charge in [0.15, 0.2) is 0 Å². The standard InChI is InChI=1S/C12H20N4O2/c1-3-9-18-11-6-8-15-12(16-11)14-7-5-10(17)13-4-2/h6,8H,3-5,7,9H2,1-2H3,(H,13,17)(H,14,15,16). The minimum atomic E-state index is 0.0170. The van der Waals surface area contributed by atoms with E-state index in [0.717, 1.165) is 6.42 Å². The van der Waals surface area contributed by atoms with Crippen LogP contribution in [0, 0.1) is 0 Å². The molecule has 1 rings (SSSR count). The van der Waals surface area contributed by atoms with Gasteiger partial charge < -0.3 is 15.4 Å². The summed E-state index contributed by atoms with van der Waals surface area (Å²) >= 11 is 0. The zero-order valence-corrected chi connectivity index (χ0v) is 10.9. The van der Waals surface area contributed by atoms with Gasteiger partial charge in [-0.1, -0.05) is 6.92 Å². The second kappa shape index (κ2) is 8.27. The molecule has 1 aromatic rings. The molecule has 0 aliphatic heterocycles. The molecule has 0 aliphatic carbocycles. The van der Waals surface area contributed by atoms with Crippen molar-refractivity contribution >= 4 is 11.9 Å². The summed E-state index contributed by atoms with van der Waals surface area (Å²) < 4.78 is 5.39. The molecule has 1 heterocycles. The van der Waals surface area contributed by atoms with E-state index in [0.29, 0.717) is 37.9 Å². The number of amides is 1. The fraction of sp³-hybridized carbons (Fsp3) is 0.583. The van der Waals surface area contributed by atoms with Crippen LogP contribution in [0.4, 0.5) is 5.95 Å². The first-order chi connectivity index (χ1) is 8.76. The number of carbonyl (C=O) groups excluding carboxylic acids is 1. The van der Waals surface area contributed by atoms with Gasteiger partial charge in [0.2, 0.25) is 17.7 Å². The Kier molecular flexibility index (Phi) is 6.53. The summed E-state index contributed by atoms with van der Waals surface area (Å²) in [6, 6.07) is 1.71. The van der Waals surface area contributed by atoms with Crippen molar-refractivity contribution in [2.45, 2.75) is 26.7 Å². The van der Waals surface area contributed by atoms with Crippen molar-refractivity contribution in [3.05, 3.63) is 12.3 Å². The number of rotatable bonds is 8. The first-order valence-electron chi connectivity index (χ1n) is 6.22. The quantitative estimate of drug-likeness (QED) is 0.727. The second-order valence-corrected chi connectivity index (χ2v) is 3.70. The van der Waals surface area contributed by atoms with Gasteiger partial charge in [0.25, 0.3) is 0 Å². The van der Waals surface area contributed by atoms with Crippen molar-refractivity contribution in [2.24, 2.45) is 0 Å². The summed E-state index contributed by atoms with van der Waals surface area (Å²) in [4.78, 5) is 19.5. The van der Waals surface area contributed by atoms with E-state index < -0.39 is 0 Å². The normalized spacial score (nSPS) is 9.89. The van der Waals surface area contributed by atoms with Crippen molar-refractivity contribution in [3.8, 4) is 5.88 Å². The highest BCUT2D eigenvalue weighted by molar-refractivity contribution is 5.76. The lowest BCUT2D eigenvalue weighted by Gasteiger charge is -2.07. The average molecular weight is 252 g/mol. The third-order valence-electron chi connectivity index (χ3n) is 2.09. The largest absolute Gasteiger partial charge is 0.478 e. The number of anilines is 1. The van der Waals surface area contributed by atoms with Crippen molar-refractivity contribution in [3.63, 3.8) is 0 Å². The molecule has 0 radical (unpaired) electrons. The molecule has 6 nitrogen and oxygen atoms in total. The lowest BCUT2D eigenvalue weighted by Crippen LogP contribution is -2.25. The summed E-state index contributed by atoms with van der Waals surface area (Å²) in [5.74, 6) is 1.05. The Morgan fingerprint density at radius 3 is 3.00 bits per heavy atom. The molecule has 2 N–H and O–H groups in total. The molecule has 0 aromatic carbocycles. The average Bonchev–Trinajstić information content (AvgIpc) is 2.37. The second-order valence-electron chi connectivity index (χ2n) is 3.70. The van der Waals surface area contributed by atoms with E-state index >= 15 is 0 Å². The Morgan fingerprint density at radius 2 is 2.28 bits per heavy atom. The highest BCUT2D eigenvalue weighted by Gasteiger charge is 2.02. The smallest absolute Gasteiger partial charge is 0.225 e. The summed E-state index contributed by atoms with van der Waals surface area (Å²) in [5.41, 5.74) is 0. The first-order valence-corrected chi connectivity index (χ1v) is 6.22. The molecule has 0 atom stereocenters. The highest BCUT2D eigenvalue weighted by atomic mass is 16.5. The highest BCUT2D eigenvalue weighted by Crippen LogP contribution is 2.08. The van der Waals surface area contributed by atoms with Crippen LogP contribution in [0.3, 0.4) is 0 Å². The van der Waals surface area contributed by atoms with E-state index in [9.17, 15) is 4.79 Å². The van der Waals surface area contributed by atoms with Crippen LogP contribution in [0.15, 0.2) is 12.3 Å². The lowest BCUT2D eigenvalue weighted by molar-refractivity contribution is -0.120. The summed E-state index contributed by atoms with van der Waals surface area (Å²) in [7, 11) is 0. The number of aromatic nitrogens is 2. The van der Waals surface area contributed by atoms with Gasteiger partial charge >= 0.3 is 0 Å². The van der Waals surface area contributed by atoms with Crippen LogP contribution in [0.5, 0.6) is 5.88 Å². The molecule has 1 aromatic heterocycles. The molecule has 0 unspecified atom stereocenters. The summed E-state index contributed by atoms with van der Waals surface area (Å²) in [6.07, 6.45) is 2.97. The fourth-order valence-corrected chi connectivity index (χ4v) is 1.29. The molecule has 1 amide bonds. The third-order valence-corrected chi connectivity index (χ3v) is 2.09. The molecular weight excluding hydrogens is 232 g/mol. The number of hydrogen-bond donors (Lipinski definition) is 2. The van der Waals surface area contributed by atoms with Gasteiger partial charge in [0.1, 0.15) is 0 Å². The van der Waals surface area contributed by atoms with Gasteiger partial charge in [0.05, 0.1) is 6.61 Å². The SMILES string of the molecule is CCCOc1ccnc(NCCC(=O)NCC)n1. The van der Waals surface area contributed by atoms with Crippen LogP contribution in [0.2, 0.25) is 0 Å². The van der Waals surface area contributed by atoms with Crippen LogP contribution in [0.25, 0.3) is 0 Å². The minimum absolute atomic E-state index is 0.0170. The predicted octanol–water partition coefficient (Wildman–Crippen LogP) is 1.20. The number of carbonyl (C=O) groups is 1. The molecule has 6 heteroatoms. The first kappa shape index (κ1) is 14.2. The Morgan fingerprint density at radius 1 is 1.44 bits per heavy atom. The molecule has 0 saturated carbocycles. The van der Waals surface area contributed by atoms with Crippen LogP contribution in [0.1, 0.15) is 26.7 Å². The molecule has 0 saturated heterocycles. The van der Waals surface area contributed by atoms with Crippen LogP contribution in [-0.4, -0.2) is 35.6 Å². The van der Waals surface area contributed by atoms with Crippen molar-refractivity contribution in [1.29, 1.82) is 0 Å². The zero-order valence-electron chi connectivity index (χ0n) is 10.9. The number of hydrogen-bond acceptors (Lipinski definition) is 5. The topological polar surface area (TPSA) is 76.1 Å². The van der Waals surface area contributed by atoms with E-state index in [1.165, 1.54) is 0 Å². The van der Waals surface area contributed by atoms with Crippen LogP contribution < -0.4 is 15.4 Å². The van der Waals surface area contributed by atoms with Crippen LogP contribution >= 0.6 is 0 Å². The molecule has 100 valence electrons. The number of nitrogens with zero attached hydrogens (tertiary/aromatic N) is 2. The maximum Gasteiger partial charge on any atom is 0.225 e. The fourth-order valence-electron chi connectivity index (χ4n) is 1.29. The minimum Gasteiger partial charge on any atom is -0.478 e. The Labute approximate surface area is 107 Å². The molecule has 0 aliphatic rings. The van der Waals surface area contributed by atoms with E-state index in [4.69, 9.17) is 4.74 Å². The maximum absolute atomic E-state index is 11.2. The Bertz CT molecular complexity index is 371. The van der Waals surface area contributed by atoms with Crippen molar-refractivity contribution in [2.75, 3.05) is 25.0 Å². The zero-order chi connectivity index (χ0) is 13.2. The van der Waals surface area contributed by atoms with Gasteiger partial charge in [-0.2, -0.15) is 4.98 Å². The summed E-state index contributed by atoms with van der Waals surface area (Å²) in [5, 5.41) is 5.71. The number of ether oxygens (including phenoxy) is 1. The van der Waals surface area contributed by atoms with E-state index in [2.05, 4.69) is 20.6 Å². The molecule has 18 heavy (non-hydrogen) atoms. The van der Waals surface area contributed by atoms with Gasteiger partial charge in [0, 0.05) is 31.8 Å². The molecular formula is C12H20N4O2. The molecule has 0 fully saturated rings. The molecule has 0 bridgehead atoms. The van der Waals surface area contributed by atoms with Crippen molar-refractivity contribution in [1.82, 2.24) is 15.3 Å². The van der Waals surface area contributed by atoms with E-state index in [1.54, 1.807) is 12.3 Å². The van der Waals surface area contributed by atoms with Gasteiger partial charge in [-0.3, -0.25) is 4.79 Å². The third kappa shape index (κ3) is 5.47. The number of nitrogens with one attached hydrogen (secondary N) is 2. The summed E-state index contributed by atoms with van der Waals surface area (Å²) in [6.45, 7) is 5.71. The maximum atomic E-state index is 11.2. The van der Waals surface area contributed by atoms with E-state index in [-0.39, 0.29) is 5.91 Å². The monoisotopic (exact) mass is 252 g/mol. The lowest BCUT2D eigenvalue weighted by atomic mass is 10.4. The molecule has 0 spiro atoms.